The van der Waals surface area contributed by atoms with E-state index in [1.807, 2.05) is 6.92 Å². The Hall–Kier alpha value is -1.01. The van der Waals surface area contributed by atoms with Gasteiger partial charge in [0, 0.05) is 11.8 Å². The molecule has 4 nitrogen and oxygen atoms in total. The van der Waals surface area contributed by atoms with Gasteiger partial charge in [-0.25, -0.2) is 9.78 Å². The van der Waals surface area contributed by atoms with Gasteiger partial charge in [0.15, 0.2) is 5.13 Å². The average Bonchev–Trinajstić information content (AvgIpc) is 2.40. The van der Waals surface area contributed by atoms with Crippen molar-refractivity contribution in [3.05, 3.63) is 17.3 Å². The zero-order valence-corrected chi connectivity index (χ0v) is 10.1. The summed E-state index contributed by atoms with van der Waals surface area (Å²) in [6, 6.07) is 0. The molecule has 0 fully saturated rings. The van der Waals surface area contributed by atoms with Gasteiger partial charge in [-0.05, 0) is 13.8 Å². The number of aliphatic carboxylic acids is 1. The average molecular weight is 244 g/mol. The largest absolute Gasteiger partial charge is 0.478 e. The fourth-order valence-corrected chi connectivity index (χ4v) is 2.90. The maximum atomic E-state index is 10.4. The first kappa shape index (κ1) is 12.1. The third-order valence-electron chi connectivity index (χ3n) is 1.57. The number of anilines is 1. The molecule has 1 aromatic heterocycles. The minimum absolute atomic E-state index is 0.551. The molecule has 0 saturated heterocycles. The molecular formula is C9H12N2O2S2. The molecule has 0 unspecified atom stereocenters. The number of hydrogen-bond acceptors (Lipinski definition) is 5. The van der Waals surface area contributed by atoms with Crippen LogP contribution in [0.25, 0.3) is 0 Å². The second kappa shape index (κ2) is 5.18. The van der Waals surface area contributed by atoms with Gasteiger partial charge in [-0.1, -0.05) is 16.9 Å². The number of aryl methyl sites for hydroxylation is 1. The molecule has 6 heteroatoms. The lowest BCUT2D eigenvalue weighted by Gasteiger charge is -1.98. The monoisotopic (exact) mass is 244 g/mol. The van der Waals surface area contributed by atoms with Gasteiger partial charge in [0.25, 0.3) is 0 Å². The molecule has 82 valence electrons. The molecule has 0 aliphatic carbocycles. The van der Waals surface area contributed by atoms with Gasteiger partial charge in [0.1, 0.15) is 0 Å². The molecule has 0 aromatic carbocycles. The molecule has 0 spiro atoms. The molecular weight excluding hydrogens is 232 g/mol. The number of thiazole rings is 1. The lowest BCUT2D eigenvalue weighted by molar-refractivity contribution is -0.131. The molecule has 0 atom stereocenters. The van der Waals surface area contributed by atoms with E-state index in [0.29, 0.717) is 10.9 Å². The van der Waals surface area contributed by atoms with Gasteiger partial charge in [0.05, 0.1) is 9.90 Å². The van der Waals surface area contributed by atoms with Crippen LogP contribution in [0.4, 0.5) is 5.13 Å². The maximum absolute atomic E-state index is 10.4. The quantitative estimate of drug-likeness (QED) is 0.627. The first-order chi connectivity index (χ1) is 6.99. The lowest BCUT2D eigenvalue weighted by Crippen LogP contribution is -1.91. The van der Waals surface area contributed by atoms with E-state index in [9.17, 15) is 4.79 Å². The van der Waals surface area contributed by atoms with E-state index in [0.717, 1.165) is 15.5 Å². The molecule has 0 bridgehead atoms. The summed E-state index contributed by atoms with van der Waals surface area (Å²) in [5.41, 5.74) is 7.28. The van der Waals surface area contributed by atoms with E-state index < -0.39 is 5.97 Å². The summed E-state index contributed by atoms with van der Waals surface area (Å²) >= 11 is 2.99. The third kappa shape index (κ3) is 3.93. The summed E-state index contributed by atoms with van der Waals surface area (Å²) in [5, 5.41) is 9.08. The van der Waals surface area contributed by atoms with Crippen molar-refractivity contribution in [1.29, 1.82) is 0 Å². The minimum Gasteiger partial charge on any atom is -0.478 e. The van der Waals surface area contributed by atoms with Crippen LogP contribution in [0.2, 0.25) is 0 Å². The molecule has 0 aliphatic rings. The van der Waals surface area contributed by atoms with Crippen LogP contribution in [0.1, 0.15) is 12.6 Å². The fraction of sp³-hybridized carbons (Fsp3) is 0.333. The van der Waals surface area contributed by atoms with Crippen LogP contribution in [0.3, 0.4) is 0 Å². The van der Waals surface area contributed by atoms with Crippen molar-refractivity contribution in [2.24, 2.45) is 0 Å². The lowest BCUT2D eigenvalue weighted by atomic mass is 10.3. The number of carboxylic acids is 1. The summed E-state index contributed by atoms with van der Waals surface area (Å²) in [5.74, 6) is -0.261. The van der Waals surface area contributed by atoms with Crippen LogP contribution in [0, 0.1) is 6.92 Å². The Kier molecular flexibility index (Phi) is 4.16. The molecule has 0 aliphatic heterocycles. The highest BCUT2D eigenvalue weighted by Gasteiger charge is 2.06. The molecule has 1 aromatic rings. The molecule has 3 N–H and O–H groups in total. The molecule has 0 amide bonds. The zero-order valence-electron chi connectivity index (χ0n) is 8.48. The number of carboxylic acid groups (broad SMARTS) is 1. The number of nitrogens with zero attached hydrogens (tertiary/aromatic N) is 1. The predicted molar refractivity (Wildman–Crippen MR) is 63.4 cm³/mol. The Morgan fingerprint density at radius 2 is 2.40 bits per heavy atom. The van der Waals surface area contributed by atoms with Crippen molar-refractivity contribution in [3.63, 3.8) is 0 Å². The first-order valence-electron chi connectivity index (χ1n) is 4.25. The van der Waals surface area contributed by atoms with Crippen LogP contribution < -0.4 is 5.73 Å². The molecule has 0 saturated carbocycles. The zero-order chi connectivity index (χ0) is 11.4. The van der Waals surface area contributed by atoms with Crippen molar-refractivity contribution in [2.45, 2.75) is 18.1 Å². The van der Waals surface area contributed by atoms with Crippen molar-refractivity contribution >= 4 is 34.2 Å². The van der Waals surface area contributed by atoms with E-state index in [4.69, 9.17) is 10.8 Å². The second-order valence-electron chi connectivity index (χ2n) is 3.04. The Balaban J connectivity index is 2.57. The summed E-state index contributed by atoms with van der Waals surface area (Å²) in [6.07, 6.45) is 1.22. The van der Waals surface area contributed by atoms with Crippen LogP contribution in [0.5, 0.6) is 0 Å². The van der Waals surface area contributed by atoms with Crippen LogP contribution >= 0.6 is 23.1 Å². The van der Waals surface area contributed by atoms with Gasteiger partial charge < -0.3 is 10.8 Å². The normalized spacial score (nSPS) is 11.7. The third-order valence-corrected chi connectivity index (χ3v) is 4.11. The summed E-state index contributed by atoms with van der Waals surface area (Å²) in [7, 11) is 0. The van der Waals surface area contributed by atoms with E-state index in [2.05, 4.69) is 4.98 Å². The molecule has 15 heavy (non-hydrogen) atoms. The van der Waals surface area contributed by atoms with Crippen molar-refractivity contribution in [1.82, 2.24) is 4.98 Å². The SMILES string of the molecule is CC(=CC(=O)O)CSc1sc(N)nc1C. The van der Waals surface area contributed by atoms with E-state index in [1.54, 1.807) is 18.7 Å². The Morgan fingerprint density at radius 3 is 2.87 bits per heavy atom. The number of hydrogen-bond donors (Lipinski definition) is 2. The van der Waals surface area contributed by atoms with Crippen molar-refractivity contribution in [3.8, 4) is 0 Å². The van der Waals surface area contributed by atoms with Gasteiger partial charge in [-0.2, -0.15) is 0 Å². The predicted octanol–water partition coefficient (Wildman–Crippen LogP) is 2.16. The van der Waals surface area contributed by atoms with Crippen LogP contribution in [-0.2, 0) is 4.79 Å². The number of carbonyl (C=O) groups is 1. The smallest absolute Gasteiger partial charge is 0.328 e. The number of nitrogen functional groups attached to an aromatic ring is 1. The van der Waals surface area contributed by atoms with Gasteiger partial charge in [-0.3, -0.25) is 0 Å². The standard InChI is InChI=1S/C9H12N2O2S2/c1-5(3-7(12)13)4-14-8-6(2)11-9(10)15-8/h3H,4H2,1-2H3,(H2,10,11)(H,12,13). The van der Waals surface area contributed by atoms with Gasteiger partial charge >= 0.3 is 5.97 Å². The maximum Gasteiger partial charge on any atom is 0.328 e. The molecule has 1 heterocycles. The first-order valence-corrected chi connectivity index (χ1v) is 6.05. The van der Waals surface area contributed by atoms with Crippen LogP contribution in [0.15, 0.2) is 15.9 Å². The van der Waals surface area contributed by atoms with Gasteiger partial charge in [0.2, 0.25) is 0 Å². The Morgan fingerprint density at radius 1 is 1.73 bits per heavy atom. The summed E-state index contributed by atoms with van der Waals surface area (Å²) in [4.78, 5) is 14.5. The summed E-state index contributed by atoms with van der Waals surface area (Å²) in [6.45, 7) is 3.69. The van der Waals surface area contributed by atoms with Crippen LogP contribution in [-0.4, -0.2) is 21.8 Å². The number of nitrogens with two attached hydrogens (primary N) is 1. The van der Waals surface area contributed by atoms with Gasteiger partial charge in [-0.15, -0.1) is 11.8 Å². The number of thioether (sulfide) groups is 1. The highest BCUT2D eigenvalue weighted by Crippen LogP contribution is 2.31. The van der Waals surface area contributed by atoms with Crippen molar-refractivity contribution in [2.75, 3.05) is 11.5 Å². The Labute approximate surface area is 96.2 Å². The van der Waals surface area contributed by atoms with E-state index in [-0.39, 0.29) is 0 Å². The fourth-order valence-electron chi connectivity index (χ4n) is 0.968. The highest BCUT2D eigenvalue weighted by molar-refractivity contribution is 8.01. The number of rotatable bonds is 4. The number of aromatic nitrogens is 1. The van der Waals surface area contributed by atoms with E-state index >= 15 is 0 Å². The molecule has 0 radical (unpaired) electrons. The topological polar surface area (TPSA) is 76.2 Å². The second-order valence-corrected chi connectivity index (χ2v) is 5.32. The summed E-state index contributed by atoms with van der Waals surface area (Å²) < 4.78 is 1.05. The minimum atomic E-state index is -0.909. The van der Waals surface area contributed by atoms with E-state index in [1.165, 1.54) is 17.4 Å². The molecule has 1 rings (SSSR count). The highest BCUT2D eigenvalue weighted by atomic mass is 32.2. The van der Waals surface area contributed by atoms with Crippen molar-refractivity contribution < 1.29 is 9.90 Å². The Bertz CT molecular complexity index is 399.